The van der Waals surface area contributed by atoms with Crippen LogP contribution in [0.4, 0.5) is 0 Å². The molecule has 80 valence electrons. The summed E-state index contributed by atoms with van der Waals surface area (Å²) in [6.07, 6.45) is 10.3. The van der Waals surface area contributed by atoms with E-state index in [2.05, 4.69) is 25.1 Å². The normalized spacial score (nSPS) is 31.0. The fraction of sp³-hybridized carbons (Fsp3) is 0.833. The number of rotatable bonds is 3. The highest BCUT2D eigenvalue weighted by molar-refractivity contribution is 5.05. The molecule has 1 aliphatic rings. The fourth-order valence-corrected chi connectivity index (χ4v) is 2.57. The smallest absolute Gasteiger partial charge is 0.0578 e. The molecule has 0 spiro atoms. The van der Waals surface area contributed by atoms with Crippen LogP contribution in [0.15, 0.2) is 0 Å². The highest BCUT2D eigenvalue weighted by Gasteiger charge is 2.44. The van der Waals surface area contributed by atoms with E-state index in [-0.39, 0.29) is 11.0 Å². The molecule has 0 heterocycles. The molecular weight excluding hydrogens is 172 g/mol. The molecule has 1 rings (SSSR count). The number of hydrogen-bond donors (Lipinski definition) is 2. The lowest BCUT2D eigenvalue weighted by Gasteiger charge is -2.50. The first-order chi connectivity index (χ1) is 6.58. The zero-order chi connectivity index (χ0) is 10.7. The second-order valence-corrected chi connectivity index (χ2v) is 4.93. The van der Waals surface area contributed by atoms with Crippen LogP contribution in [0.25, 0.3) is 0 Å². The summed E-state index contributed by atoms with van der Waals surface area (Å²) in [6, 6.07) is 0. The average molecular weight is 194 g/mol. The molecule has 0 saturated heterocycles. The number of hydrogen-bond acceptors (Lipinski definition) is 2. The third-order valence-corrected chi connectivity index (χ3v) is 3.83. The second kappa shape index (κ2) is 4.33. The molecule has 0 bridgehead atoms. The van der Waals surface area contributed by atoms with Gasteiger partial charge >= 0.3 is 0 Å². The lowest BCUT2D eigenvalue weighted by Crippen LogP contribution is -2.62. The van der Waals surface area contributed by atoms with Crippen molar-refractivity contribution in [1.29, 1.82) is 0 Å². The van der Waals surface area contributed by atoms with Crippen LogP contribution in [0.2, 0.25) is 0 Å². The van der Waals surface area contributed by atoms with Crippen LogP contribution >= 0.6 is 0 Å². The van der Waals surface area contributed by atoms with E-state index in [1.807, 2.05) is 0 Å². The Bertz CT molecular complexity index is 227. The maximum Gasteiger partial charge on any atom is 0.0578 e. The molecule has 3 N–H and O–H groups in total. The van der Waals surface area contributed by atoms with Crippen LogP contribution in [-0.4, -0.2) is 18.6 Å². The van der Waals surface area contributed by atoms with Crippen molar-refractivity contribution in [2.75, 3.05) is 13.1 Å². The molecule has 1 unspecified atom stereocenters. The van der Waals surface area contributed by atoms with Gasteiger partial charge in [-0.05, 0) is 18.3 Å². The van der Waals surface area contributed by atoms with Crippen LogP contribution in [0, 0.1) is 17.8 Å². The predicted octanol–water partition coefficient (Wildman–Crippen LogP) is 1.51. The maximum atomic E-state index is 5.92. The Morgan fingerprint density at radius 2 is 2.00 bits per heavy atom. The van der Waals surface area contributed by atoms with Crippen LogP contribution < -0.4 is 11.1 Å². The minimum absolute atomic E-state index is 0.0532. The Kier molecular flexibility index (Phi) is 3.58. The van der Waals surface area contributed by atoms with Gasteiger partial charge in [-0.3, -0.25) is 5.32 Å². The van der Waals surface area contributed by atoms with Crippen molar-refractivity contribution < 1.29 is 0 Å². The van der Waals surface area contributed by atoms with Crippen molar-refractivity contribution in [2.45, 2.75) is 45.1 Å². The molecular formula is C12H22N2. The minimum Gasteiger partial charge on any atom is -0.329 e. The Balaban J connectivity index is 2.78. The fourth-order valence-electron chi connectivity index (χ4n) is 2.57. The highest BCUT2D eigenvalue weighted by Crippen LogP contribution is 2.43. The highest BCUT2D eigenvalue weighted by atomic mass is 15.0. The topological polar surface area (TPSA) is 38.0 Å². The summed E-state index contributed by atoms with van der Waals surface area (Å²) in [5, 5.41) is 3.46. The quantitative estimate of drug-likeness (QED) is 0.668. The molecule has 2 heteroatoms. The third-order valence-electron chi connectivity index (χ3n) is 3.83. The maximum absolute atomic E-state index is 5.92. The van der Waals surface area contributed by atoms with Crippen LogP contribution in [-0.2, 0) is 0 Å². The van der Waals surface area contributed by atoms with Gasteiger partial charge in [-0.25, -0.2) is 0 Å². The SMILES string of the molecule is C#CCNC1(CN)CCCCC1(C)C. The molecule has 14 heavy (non-hydrogen) atoms. The van der Waals surface area contributed by atoms with Crippen molar-refractivity contribution in [2.24, 2.45) is 11.1 Å². The summed E-state index contributed by atoms with van der Waals surface area (Å²) in [5.41, 5.74) is 6.24. The molecule has 1 aliphatic carbocycles. The van der Waals surface area contributed by atoms with Gasteiger partial charge < -0.3 is 5.73 Å². The largest absolute Gasteiger partial charge is 0.329 e. The number of nitrogens with two attached hydrogens (primary N) is 1. The Morgan fingerprint density at radius 3 is 2.50 bits per heavy atom. The second-order valence-electron chi connectivity index (χ2n) is 4.93. The van der Waals surface area contributed by atoms with E-state index in [1.54, 1.807) is 0 Å². The van der Waals surface area contributed by atoms with Crippen molar-refractivity contribution in [1.82, 2.24) is 5.32 Å². The Labute approximate surface area is 87.6 Å². The van der Waals surface area contributed by atoms with Gasteiger partial charge in [0.2, 0.25) is 0 Å². The van der Waals surface area contributed by atoms with E-state index in [1.165, 1.54) is 19.3 Å². The van der Waals surface area contributed by atoms with Crippen LogP contribution in [0.1, 0.15) is 39.5 Å². The number of terminal acetylenes is 1. The lowest BCUT2D eigenvalue weighted by molar-refractivity contribution is 0.0731. The zero-order valence-electron chi connectivity index (χ0n) is 9.40. The molecule has 0 aromatic heterocycles. The van der Waals surface area contributed by atoms with Gasteiger partial charge in [-0.2, -0.15) is 0 Å². The summed E-state index contributed by atoms with van der Waals surface area (Å²) in [6.45, 7) is 5.90. The van der Waals surface area contributed by atoms with Gasteiger partial charge in [0, 0.05) is 12.1 Å². The Hall–Kier alpha value is -0.520. The van der Waals surface area contributed by atoms with Gasteiger partial charge in [0.25, 0.3) is 0 Å². The molecule has 0 aromatic rings. The summed E-state index contributed by atoms with van der Waals surface area (Å²) in [7, 11) is 0. The van der Waals surface area contributed by atoms with E-state index >= 15 is 0 Å². The van der Waals surface area contributed by atoms with Crippen LogP contribution in [0.3, 0.4) is 0 Å². The van der Waals surface area contributed by atoms with Gasteiger partial charge in [-0.15, -0.1) is 6.42 Å². The first-order valence-corrected chi connectivity index (χ1v) is 5.46. The summed E-state index contributed by atoms with van der Waals surface area (Å²) >= 11 is 0. The van der Waals surface area contributed by atoms with Gasteiger partial charge in [0.05, 0.1) is 6.54 Å². The van der Waals surface area contributed by atoms with E-state index in [4.69, 9.17) is 12.2 Å². The van der Waals surface area contributed by atoms with E-state index in [0.717, 1.165) is 6.42 Å². The van der Waals surface area contributed by atoms with Crippen LogP contribution in [0.5, 0.6) is 0 Å². The van der Waals surface area contributed by atoms with Gasteiger partial charge in [-0.1, -0.05) is 32.6 Å². The molecule has 0 radical (unpaired) electrons. The molecule has 1 fully saturated rings. The van der Waals surface area contributed by atoms with Crippen molar-refractivity contribution in [3.8, 4) is 12.3 Å². The predicted molar refractivity (Wildman–Crippen MR) is 60.9 cm³/mol. The summed E-state index contributed by atoms with van der Waals surface area (Å²) in [5.74, 6) is 2.65. The molecule has 0 aliphatic heterocycles. The van der Waals surface area contributed by atoms with E-state index in [0.29, 0.717) is 13.1 Å². The Morgan fingerprint density at radius 1 is 1.36 bits per heavy atom. The first kappa shape index (κ1) is 11.6. The summed E-state index contributed by atoms with van der Waals surface area (Å²) < 4.78 is 0. The van der Waals surface area contributed by atoms with E-state index in [9.17, 15) is 0 Å². The lowest BCUT2D eigenvalue weighted by atomic mass is 9.63. The molecule has 2 nitrogen and oxygen atoms in total. The minimum atomic E-state index is 0.0532. The van der Waals surface area contributed by atoms with Gasteiger partial charge in [0.15, 0.2) is 0 Å². The number of nitrogens with one attached hydrogen (secondary N) is 1. The van der Waals surface area contributed by atoms with E-state index < -0.39 is 0 Å². The average Bonchev–Trinajstić information content (AvgIpc) is 2.16. The summed E-state index contributed by atoms with van der Waals surface area (Å²) in [4.78, 5) is 0. The molecule has 1 saturated carbocycles. The first-order valence-electron chi connectivity index (χ1n) is 5.46. The standard InChI is InChI=1S/C12H22N2/c1-4-9-14-12(10-13)8-6-5-7-11(12,2)3/h1,14H,5-10,13H2,2-3H3. The van der Waals surface area contributed by atoms with Crippen molar-refractivity contribution in [3.63, 3.8) is 0 Å². The zero-order valence-corrected chi connectivity index (χ0v) is 9.40. The molecule has 0 amide bonds. The third kappa shape index (κ3) is 1.94. The molecule has 1 atom stereocenters. The van der Waals surface area contributed by atoms with Crippen molar-refractivity contribution >= 4 is 0 Å². The molecule has 0 aromatic carbocycles. The van der Waals surface area contributed by atoms with Crippen molar-refractivity contribution in [3.05, 3.63) is 0 Å². The van der Waals surface area contributed by atoms with Gasteiger partial charge in [0.1, 0.15) is 0 Å². The monoisotopic (exact) mass is 194 g/mol.